The van der Waals surface area contributed by atoms with E-state index >= 15 is 0 Å². The number of nitrogens with zero attached hydrogens (tertiary/aromatic N) is 1. The molecule has 4 N–H and O–H groups in total. The largest absolute Gasteiger partial charge is 0.480 e. The van der Waals surface area contributed by atoms with Crippen LogP contribution in [-0.4, -0.2) is 46.5 Å². The maximum absolute atomic E-state index is 12.2. The summed E-state index contributed by atoms with van der Waals surface area (Å²) in [5.41, 5.74) is 5.00. The lowest BCUT2D eigenvalue weighted by atomic mass is 9.85. The van der Waals surface area contributed by atoms with Gasteiger partial charge >= 0.3 is 12.0 Å². The minimum Gasteiger partial charge on any atom is -0.480 e. The number of hydrogen-bond acceptors (Lipinski definition) is 3. The Morgan fingerprint density at radius 2 is 1.95 bits per heavy atom. The van der Waals surface area contributed by atoms with Gasteiger partial charge in [0.2, 0.25) is 5.91 Å². The number of aliphatic carboxylic acids is 1. The zero-order valence-electron chi connectivity index (χ0n) is 11.4. The fourth-order valence-corrected chi connectivity index (χ4v) is 3.29. The Balaban J connectivity index is 1.96. The third kappa shape index (κ3) is 3.20. The number of carboxylic acids is 1. The molecule has 3 atom stereocenters. The van der Waals surface area contributed by atoms with Crippen LogP contribution >= 0.6 is 0 Å². The molecule has 2 fully saturated rings. The van der Waals surface area contributed by atoms with E-state index in [9.17, 15) is 14.4 Å². The van der Waals surface area contributed by atoms with E-state index in [1.165, 1.54) is 6.42 Å². The minimum absolute atomic E-state index is 0.215. The second-order valence-electron chi connectivity index (χ2n) is 5.60. The van der Waals surface area contributed by atoms with E-state index in [2.05, 4.69) is 5.32 Å². The predicted octanol–water partition coefficient (Wildman–Crippen LogP) is 0.289. The van der Waals surface area contributed by atoms with Gasteiger partial charge in [-0.2, -0.15) is 0 Å². The predicted molar refractivity (Wildman–Crippen MR) is 70.8 cm³/mol. The summed E-state index contributed by atoms with van der Waals surface area (Å²) in [7, 11) is 0. The number of likely N-dealkylation sites (tertiary alicyclic amines) is 1. The van der Waals surface area contributed by atoms with Crippen LogP contribution in [0, 0.1) is 5.92 Å². The average Bonchev–Trinajstić information content (AvgIpc) is 2.81. The number of primary amides is 1. The van der Waals surface area contributed by atoms with E-state index in [1.807, 2.05) is 0 Å². The Bertz CT molecular complexity index is 412. The summed E-state index contributed by atoms with van der Waals surface area (Å²) in [4.78, 5) is 35.8. The highest BCUT2D eigenvalue weighted by atomic mass is 16.4. The molecule has 1 heterocycles. The number of amides is 3. The molecule has 2 unspecified atom stereocenters. The molecule has 112 valence electrons. The van der Waals surface area contributed by atoms with Crippen LogP contribution in [0.5, 0.6) is 0 Å². The van der Waals surface area contributed by atoms with Crippen molar-refractivity contribution in [3.63, 3.8) is 0 Å². The molecule has 1 aliphatic carbocycles. The molecule has 0 spiro atoms. The third-order valence-corrected chi connectivity index (χ3v) is 4.27. The van der Waals surface area contributed by atoms with Crippen molar-refractivity contribution in [2.24, 2.45) is 11.7 Å². The number of nitrogens with two attached hydrogens (primary N) is 1. The van der Waals surface area contributed by atoms with E-state index in [-0.39, 0.29) is 12.5 Å². The normalized spacial score (nSPS) is 26.7. The van der Waals surface area contributed by atoms with Crippen molar-refractivity contribution in [1.29, 1.82) is 0 Å². The van der Waals surface area contributed by atoms with Gasteiger partial charge in [-0.1, -0.05) is 12.8 Å². The van der Waals surface area contributed by atoms with Crippen molar-refractivity contribution < 1.29 is 19.5 Å². The van der Waals surface area contributed by atoms with Crippen molar-refractivity contribution >= 4 is 17.9 Å². The second-order valence-corrected chi connectivity index (χ2v) is 5.60. The van der Waals surface area contributed by atoms with Crippen LogP contribution in [0.25, 0.3) is 0 Å². The summed E-state index contributed by atoms with van der Waals surface area (Å²) >= 11 is 0. The zero-order chi connectivity index (χ0) is 14.7. The second kappa shape index (κ2) is 6.11. The third-order valence-electron chi connectivity index (χ3n) is 4.27. The first-order valence-corrected chi connectivity index (χ1v) is 7.07. The van der Waals surface area contributed by atoms with Gasteiger partial charge in [0, 0.05) is 12.6 Å². The first-order chi connectivity index (χ1) is 9.49. The number of nitrogens with one attached hydrogen (secondary N) is 1. The van der Waals surface area contributed by atoms with Crippen LogP contribution in [-0.2, 0) is 9.59 Å². The maximum Gasteiger partial charge on any atom is 0.326 e. The lowest BCUT2D eigenvalue weighted by Crippen LogP contribution is -2.51. The molecule has 0 aromatic rings. The minimum atomic E-state index is -1.25. The number of carbonyl (C=O) groups excluding carboxylic acids is 2. The molecule has 0 aromatic carbocycles. The number of carboxylic acid groups (broad SMARTS) is 1. The molecule has 0 bridgehead atoms. The van der Waals surface area contributed by atoms with Gasteiger partial charge in [-0.3, -0.25) is 4.79 Å². The summed E-state index contributed by atoms with van der Waals surface area (Å²) in [5, 5.41) is 11.4. The summed E-state index contributed by atoms with van der Waals surface area (Å²) in [5.74, 6) is -1.44. The fraction of sp³-hybridized carbons (Fsp3) is 0.769. The first-order valence-electron chi connectivity index (χ1n) is 7.07. The molecular formula is C13H21N3O4. The van der Waals surface area contributed by atoms with Crippen LogP contribution in [0.1, 0.15) is 38.5 Å². The van der Waals surface area contributed by atoms with Gasteiger partial charge in [0.1, 0.15) is 6.04 Å². The van der Waals surface area contributed by atoms with Crippen LogP contribution in [0.4, 0.5) is 4.79 Å². The Kier molecular flexibility index (Phi) is 4.46. The van der Waals surface area contributed by atoms with Crippen molar-refractivity contribution in [3.05, 3.63) is 0 Å². The number of rotatable bonds is 4. The van der Waals surface area contributed by atoms with Gasteiger partial charge in [0.25, 0.3) is 0 Å². The molecular weight excluding hydrogens is 262 g/mol. The zero-order valence-corrected chi connectivity index (χ0v) is 11.4. The molecule has 2 rings (SSSR count). The summed E-state index contributed by atoms with van der Waals surface area (Å²) in [6.45, 7) is 0.657. The van der Waals surface area contributed by atoms with E-state index in [1.54, 1.807) is 4.90 Å². The molecule has 7 nitrogen and oxygen atoms in total. The van der Waals surface area contributed by atoms with Gasteiger partial charge in [-0.25, -0.2) is 9.59 Å². The maximum atomic E-state index is 12.2. The summed E-state index contributed by atoms with van der Waals surface area (Å²) in [6, 6.07) is -1.43. The lowest BCUT2D eigenvalue weighted by molar-refractivity contribution is -0.141. The molecule has 7 heteroatoms. The molecule has 0 radical (unpaired) electrons. The van der Waals surface area contributed by atoms with Gasteiger partial charge in [0.15, 0.2) is 0 Å². The van der Waals surface area contributed by atoms with Crippen molar-refractivity contribution in [2.45, 2.75) is 50.6 Å². The van der Waals surface area contributed by atoms with E-state index in [0.29, 0.717) is 12.5 Å². The molecule has 1 aliphatic heterocycles. The molecule has 1 saturated heterocycles. The van der Waals surface area contributed by atoms with Gasteiger partial charge in [-0.05, 0) is 25.2 Å². The fourth-order valence-electron chi connectivity index (χ4n) is 3.29. The Morgan fingerprint density at radius 3 is 2.60 bits per heavy atom. The van der Waals surface area contributed by atoms with Gasteiger partial charge in [0.05, 0.1) is 6.42 Å². The van der Waals surface area contributed by atoms with E-state index < -0.39 is 23.9 Å². The molecule has 20 heavy (non-hydrogen) atoms. The molecule has 3 amide bonds. The first kappa shape index (κ1) is 14.6. The van der Waals surface area contributed by atoms with Crippen molar-refractivity contribution in [2.75, 3.05) is 6.54 Å². The monoisotopic (exact) mass is 283 g/mol. The highest BCUT2D eigenvalue weighted by Crippen LogP contribution is 2.36. The SMILES string of the molecule is NC(=O)C[C@H](NC(=O)N1CCC2CCCCC21)C(=O)O. The van der Waals surface area contributed by atoms with Crippen molar-refractivity contribution in [1.82, 2.24) is 10.2 Å². The van der Waals surface area contributed by atoms with Crippen LogP contribution < -0.4 is 11.1 Å². The average molecular weight is 283 g/mol. The van der Waals surface area contributed by atoms with Crippen LogP contribution in [0.3, 0.4) is 0 Å². The Hall–Kier alpha value is -1.79. The number of hydrogen-bond donors (Lipinski definition) is 3. The summed E-state index contributed by atoms with van der Waals surface area (Å²) < 4.78 is 0. The Morgan fingerprint density at radius 1 is 1.25 bits per heavy atom. The highest BCUT2D eigenvalue weighted by molar-refractivity contribution is 5.87. The smallest absolute Gasteiger partial charge is 0.326 e. The van der Waals surface area contributed by atoms with E-state index in [4.69, 9.17) is 10.8 Å². The van der Waals surface area contributed by atoms with Crippen LogP contribution in [0.15, 0.2) is 0 Å². The van der Waals surface area contributed by atoms with Gasteiger partial charge in [-0.15, -0.1) is 0 Å². The summed E-state index contributed by atoms with van der Waals surface area (Å²) in [6.07, 6.45) is 5.02. The molecule has 1 saturated carbocycles. The number of carbonyl (C=O) groups is 3. The standard InChI is InChI=1S/C13H21N3O4/c14-11(17)7-9(12(18)19)15-13(20)16-6-5-8-3-1-2-4-10(8)16/h8-10H,1-7H2,(H2,14,17)(H,15,20)(H,18,19)/t8?,9-,10?/m0/s1. The number of urea groups is 1. The molecule has 2 aliphatic rings. The quantitative estimate of drug-likeness (QED) is 0.688. The highest BCUT2D eigenvalue weighted by Gasteiger charge is 2.39. The lowest BCUT2D eigenvalue weighted by Gasteiger charge is -2.32. The Labute approximate surface area is 117 Å². The topological polar surface area (TPSA) is 113 Å². The molecule has 0 aromatic heterocycles. The van der Waals surface area contributed by atoms with Crippen molar-refractivity contribution in [3.8, 4) is 0 Å². The van der Waals surface area contributed by atoms with Gasteiger partial charge < -0.3 is 21.1 Å². The number of fused-ring (bicyclic) bond motifs is 1. The van der Waals surface area contributed by atoms with Crippen LogP contribution in [0.2, 0.25) is 0 Å². The van der Waals surface area contributed by atoms with E-state index in [0.717, 1.165) is 25.7 Å².